The highest BCUT2D eigenvalue weighted by Crippen LogP contribution is 2.27. The number of benzene rings is 2. The number of fused-ring (bicyclic) bond motifs is 1. The van der Waals surface area contributed by atoms with Crippen LogP contribution in [-0.4, -0.2) is 11.1 Å². The second-order valence-electron chi connectivity index (χ2n) is 5.30. The van der Waals surface area contributed by atoms with Crippen LogP contribution >= 0.6 is 0 Å². The molecule has 88 valence electrons. The van der Waals surface area contributed by atoms with Crippen LogP contribution in [0.4, 0.5) is 0 Å². The summed E-state index contributed by atoms with van der Waals surface area (Å²) >= 11 is 0. The van der Waals surface area contributed by atoms with E-state index in [2.05, 4.69) is 26.8 Å². The molecule has 2 rings (SSSR count). The number of carboxylic acid groups (broad SMARTS) is 1. The van der Waals surface area contributed by atoms with Gasteiger partial charge in [-0.05, 0) is 33.9 Å². The van der Waals surface area contributed by atoms with Gasteiger partial charge < -0.3 is 5.11 Å². The molecule has 2 aromatic rings. The zero-order valence-electron chi connectivity index (χ0n) is 10.3. The van der Waals surface area contributed by atoms with Crippen LogP contribution in [0.5, 0.6) is 0 Å². The number of carboxylic acids is 1. The van der Waals surface area contributed by atoms with Gasteiger partial charge in [-0.15, -0.1) is 0 Å². The summed E-state index contributed by atoms with van der Waals surface area (Å²) in [5, 5.41) is 11.0. The van der Waals surface area contributed by atoms with Gasteiger partial charge in [0, 0.05) is 0 Å². The van der Waals surface area contributed by atoms with Gasteiger partial charge in [-0.2, -0.15) is 0 Å². The van der Waals surface area contributed by atoms with Gasteiger partial charge in [0.1, 0.15) is 0 Å². The number of rotatable bonds is 1. The largest absolute Gasteiger partial charge is 0.478 e. The molecule has 0 saturated carbocycles. The van der Waals surface area contributed by atoms with Crippen molar-refractivity contribution in [2.24, 2.45) is 0 Å². The van der Waals surface area contributed by atoms with Crippen molar-refractivity contribution in [2.75, 3.05) is 0 Å². The summed E-state index contributed by atoms with van der Waals surface area (Å²) in [5.41, 5.74) is 1.55. The lowest BCUT2D eigenvalue weighted by molar-refractivity contribution is 0.0699. The van der Waals surface area contributed by atoms with Crippen LogP contribution in [-0.2, 0) is 5.41 Å². The number of carbonyl (C=O) groups is 1. The van der Waals surface area contributed by atoms with Gasteiger partial charge in [0.2, 0.25) is 0 Å². The van der Waals surface area contributed by atoms with Crippen LogP contribution in [0.25, 0.3) is 10.8 Å². The van der Waals surface area contributed by atoms with E-state index in [-0.39, 0.29) is 5.41 Å². The van der Waals surface area contributed by atoms with E-state index in [1.807, 2.05) is 18.2 Å². The molecule has 0 aliphatic rings. The Kier molecular flexibility index (Phi) is 2.66. The van der Waals surface area contributed by atoms with E-state index in [4.69, 9.17) is 0 Å². The van der Waals surface area contributed by atoms with Gasteiger partial charge in [0.05, 0.1) is 5.56 Å². The molecule has 0 bridgehead atoms. The molecular weight excluding hydrogens is 212 g/mol. The molecule has 0 unspecified atom stereocenters. The van der Waals surface area contributed by atoms with Crippen LogP contribution in [0.15, 0.2) is 36.4 Å². The summed E-state index contributed by atoms with van der Waals surface area (Å²) in [6.07, 6.45) is 0. The second kappa shape index (κ2) is 3.88. The third-order valence-electron chi connectivity index (χ3n) is 2.98. The quantitative estimate of drug-likeness (QED) is 0.805. The standard InChI is InChI=1S/C15H16O2/c1-15(2,3)11-8-7-10-5-4-6-12(14(16)17)13(10)9-11/h4-9H,1-3H3,(H,16,17). The lowest BCUT2D eigenvalue weighted by Crippen LogP contribution is -2.11. The van der Waals surface area contributed by atoms with Crippen molar-refractivity contribution in [2.45, 2.75) is 26.2 Å². The normalized spacial score (nSPS) is 11.7. The van der Waals surface area contributed by atoms with Crippen molar-refractivity contribution in [3.05, 3.63) is 47.5 Å². The molecule has 0 heterocycles. The Bertz CT molecular complexity index is 577. The molecule has 0 radical (unpaired) electrons. The predicted molar refractivity (Wildman–Crippen MR) is 69.6 cm³/mol. The summed E-state index contributed by atoms with van der Waals surface area (Å²) in [7, 11) is 0. The van der Waals surface area contributed by atoms with E-state index in [0.717, 1.165) is 16.3 Å². The molecule has 0 fully saturated rings. The van der Waals surface area contributed by atoms with Crippen molar-refractivity contribution < 1.29 is 9.90 Å². The molecule has 1 N–H and O–H groups in total. The zero-order valence-corrected chi connectivity index (χ0v) is 10.3. The van der Waals surface area contributed by atoms with E-state index < -0.39 is 5.97 Å². The maximum atomic E-state index is 11.2. The number of aromatic carboxylic acids is 1. The van der Waals surface area contributed by atoms with Crippen molar-refractivity contribution in [1.82, 2.24) is 0 Å². The Morgan fingerprint density at radius 3 is 2.41 bits per heavy atom. The van der Waals surface area contributed by atoms with E-state index in [1.54, 1.807) is 12.1 Å². The molecule has 0 amide bonds. The molecular formula is C15H16O2. The van der Waals surface area contributed by atoms with E-state index >= 15 is 0 Å². The lowest BCUT2D eigenvalue weighted by Gasteiger charge is -2.19. The molecule has 2 heteroatoms. The molecule has 0 saturated heterocycles. The van der Waals surface area contributed by atoms with Crippen LogP contribution in [0, 0.1) is 0 Å². The number of hydrogen-bond acceptors (Lipinski definition) is 1. The maximum absolute atomic E-state index is 11.2. The highest BCUT2D eigenvalue weighted by molar-refractivity contribution is 6.03. The predicted octanol–water partition coefficient (Wildman–Crippen LogP) is 3.84. The first-order valence-corrected chi connectivity index (χ1v) is 5.66. The molecule has 0 aromatic heterocycles. The van der Waals surface area contributed by atoms with Gasteiger partial charge >= 0.3 is 5.97 Å². The van der Waals surface area contributed by atoms with Crippen LogP contribution < -0.4 is 0 Å². The van der Waals surface area contributed by atoms with E-state index in [9.17, 15) is 9.90 Å². The Hall–Kier alpha value is -1.83. The molecule has 0 aliphatic heterocycles. The summed E-state index contributed by atoms with van der Waals surface area (Å²) in [6.45, 7) is 6.37. The topological polar surface area (TPSA) is 37.3 Å². The van der Waals surface area contributed by atoms with Gasteiger partial charge in [-0.25, -0.2) is 4.79 Å². The SMILES string of the molecule is CC(C)(C)c1ccc2cccc(C(=O)O)c2c1. The van der Waals surface area contributed by atoms with Crippen molar-refractivity contribution >= 4 is 16.7 Å². The van der Waals surface area contributed by atoms with Crippen molar-refractivity contribution in [1.29, 1.82) is 0 Å². The molecule has 0 spiro atoms. The Morgan fingerprint density at radius 2 is 1.82 bits per heavy atom. The molecule has 2 aromatic carbocycles. The van der Waals surface area contributed by atoms with Crippen molar-refractivity contribution in [3.63, 3.8) is 0 Å². The smallest absolute Gasteiger partial charge is 0.336 e. The second-order valence-corrected chi connectivity index (χ2v) is 5.30. The third-order valence-corrected chi connectivity index (χ3v) is 2.98. The minimum atomic E-state index is -0.873. The number of hydrogen-bond donors (Lipinski definition) is 1. The fraction of sp³-hybridized carbons (Fsp3) is 0.267. The van der Waals surface area contributed by atoms with Crippen LogP contribution in [0.1, 0.15) is 36.7 Å². The first-order valence-electron chi connectivity index (χ1n) is 5.66. The molecule has 17 heavy (non-hydrogen) atoms. The fourth-order valence-corrected chi connectivity index (χ4v) is 1.93. The van der Waals surface area contributed by atoms with Crippen LogP contribution in [0.3, 0.4) is 0 Å². The average molecular weight is 228 g/mol. The summed E-state index contributed by atoms with van der Waals surface area (Å²) in [5.74, 6) is -0.873. The molecule has 0 aliphatic carbocycles. The summed E-state index contributed by atoms with van der Waals surface area (Å²) in [4.78, 5) is 11.2. The van der Waals surface area contributed by atoms with Gasteiger partial charge in [0.25, 0.3) is 0 Å². The lowest BCUT2D eigenvalue weighted by atomic mass is 9.85. The van der Waals surface area contributed by atoms with Gasteiger partial charge in [0.15, 0.2) is 0 Å². The first kappa shape index (κ1) is 11.6. The average Bonchev–Trinajstić information content (AvgIpc) is 2.26. The Balaban J connectivity index is 2.75. The monoisotopic (exact) mass is 228 g/mol. The van der Waals surface area contributed by atoms with E-state index in [1.165, 1.54) is 0 Å². The fourth-order valence-electron chi connectivity index (χ4n) is 1.93. The van der Waals surface area contributed by atoms with Crippen molar-refractivity contribution in [3.8, 4) is 0 Å². The minimum absolute atomic E-state index is 0.0276. The molecule has 2 nitrogen and oxygen atoms in total. The highest BCUT2D eigenvalue weighted by atomic mass is 16.4. The maximum Gasteiger partial charge on any atom is 0.336 e. The Labute approximate surface area is 101 Å². The van der Waals surface area contributed by atoms with Gasteiger partial charge in [-0.3, -0.25) is 0 Å². The third kappa shape index (κ3) is 2.16. The van der Waals surface area contributed by atoms with Crippen LogP contribution in [0.2, 0.25) is 0 Å². The highest BCUT2D eigenvalue weighted by Gasteiger charge is 2.15. The molecule has 0 atom stereocenters. The minimum Gasteiger partial charge on any atom is -0.478 e. The van der Waals surface area contributed by atoms with Gasteiger partial charge in [-0.1, -0.05) is 45.0 Å². The zero-order chi connectivity index (χ0) is 12.6. The summed E-state index contributed by atoms with van der Waals surface area (Å²) < 4.78 is 0. The first-order chi connectivity index (χ1) is 7.89. The van der Waals surface area contributed by atoms with E-state index in [0.29, 0.717) is 5.56 Å². The summed E-state index contributed by atoms with van der Waals surface area (Å²) in [6, 6.07) is 11.4. The Morgan fingerprint density at radius 1 is 1.12 bits per heavy atom.